The standard InChI is InChI=1S/C24H25N5O2/c1-24(2,30)17-5-7-18(8-6-17)26-22-23-25-10-11-29(23)15-19(27-22)16-4-9-20-21(14-16)31-13-12-28(20)3/h4-11,14-15,30H,12-13H2,1-3H3,(H,26,27). The Hall–Kier alpha value is -3.58. The summed E-state index contributed by atoms with van der Waals surface area (Å²) >= 11 is 0. The van der Waals surface area contributed by atoms with Gasteiger partial charge in [-0.3, -0.25) is 0 Å². The molecule has 0 radical (unpaired) electrons. The Morgan fingerprint density at radius 1 is 1.13 bits per heavy atom. The third-order valence-electron chi connectivity index (χ3n) is 5.58. The van der Waals surface area contributed by atoms with Gasteiger partial charge in [-0.2, -0.15) is 0 Å². The van der Waals surface area contributed by atoms with Crippen molar-refractivity contribution in [1.82, 2.24) is 14.4 Å². The fourth-order valence-corrected chi connectivity index (χ4v) is 3.77. The molecule has 2 N–H and O–H groups in total. The first-order valence-corrected chi connectivity index (χ1v) is 10.3. The quantitative estimate of drug-likeness (QED) is 0.520. The highest BCUT2D eigenvalue weighted by molar-refractivity contribution is 5.75. The van der Waals surface area contributed by atoms with Gasteiger partial charge in [0.1, 0.15) is 12.4 Å². The zero-order valence-electron chi connectivity index (χ0n) is 17.8. The van der Waals surface area contributed by atoms with Gasteiger partial charge in [0.05, 0.1) is 23.5 Å². The number of fused-ring (bicyclic) bond motifs is 2. The fraction of sp³-hybridized carbons (Fsp3) is 0.250. The maximum Gasteiger partial charge on any atom is 0.180 e. The Bertz CT molecular complexity index is 1240. The number of hydrogen-bond donors (Lipinski definition) is 2. The van der Waals surface area contributed by atoms with E-state index in [-0.39, 0.29) is 0 Å². The number of benzene rings is 2. The second-order valence-electron chi connectivity index (χ2n) is 8.35. The van der Waals surface area contributed by atoms with Gasteiger partial charge in [0.2, 0.25) is 0 Å². The topological polar surface area (TPSA) is 74.9 Å². The third kappa shape index (κ3) is 3.68. The number of nitrogens with zero attached hydrogens (tertiary/aromatic N) is 4. The van der Waals surface area contributed by atoms with Crippen molar-refractivity contribution in [3.05, 3.63) is 66.6 Å². The Morgan fingerprint density at radius 2 is 1.94 bits per heavy atom. The third-order valence-corrected chi connectivity index (χ3v) is 5.58. The summed E-state index contributed by atoms with van der Waals surface area (Å²) in [6.45, 7) is 5.10. The molecule has 0 unspecified atom stereocenters. The summed E-state index contributed by atoms with van der Waals surface area (Å²) in [6, 6.07) is 13.9. The van der Waals surface area contributed by atoms with Crippen molar-refractivity contribution >= 4 is 22.8 Å². The highest BCUT2D eigenvalue weighted by Crippen LogP contribution is 2.35. The van der Waals surface area contributed by atoms with Crippen LogP contribution in [0.5, 0.6) is 5.75 Å². The number of likely N-dealkylation sites (N-methyl/N-ethyl adjacent to an activating group) is 1. The summed E-state index contributed by atoms with van der Waals surface area (Å²) in [6.07, 6.45) is 5.64. The van der Waals surface area contributed by atoms with Crippen LogP contribution in [0.4, 0.5) is 17.2 Å². The highest BCUT2D eigenvalue weighted by atomic mass is 16.5. The second-order valence-corrected chi connectivity index (χ2v) is 8.35. The first-order chi connectivity index (χ1) is 14.9. The van der Waals surface area contributed by atoms with Gasteiger partial charge in [-0.25, -0.2) is 9.97 Å². The molecule has 31 heavy (non-hydrogen) atoms. The average molecular weight is 415 g/mol. The second kappa shape index (κ2) is 7.28. The van der Waals surface area contributed by atoms with Crippen molar-refractivity contribution in [3.8, 4) is 17.0 Å². The molecule has 1 aliphatic rings. The van der Waals surface area contributed by atoms with Crippen LogP contribution < -0.4 is 15.0 Å². The number of rotatable bonds is 4. The summed E-state index contributed by atoms with van der Waals surface area (Å²) in [5, 5.41) is 13.6. The maximum absolute atomic E-state index is 10.2. The summed E-state index contributed by atoms with van der Waals surface area (Å²) in [4.78, 5) is 11.5. The van der Waals surface area contributed by atoms with Gasteiger partial charge in [0, 0.05) is 36.9 Å². The van der Waals surface area contributed by atoms with Crippen LogP contribution in [0.2, 0.25) is 0 Å². The van der Waals surface area contributed by atoms with Crippen LogP contribution in [0.1, 0.15) is 19.4 Å². The number of imidazole rings is 1. The van der Waals surface area contributed by atoms with Crippen LogP contribution in [-0.2, 0) is 5.60 Å². The van der Waals surface area contributed by atoms with Crippen molar-refractivity contribution in [2.24, 2.45) is 0 Å². The van der Waals surface area contributed by atoms with Gasteiger partial charge < -0.3 is 24.5 Å². The molecule has 0 fully saturated rings. The smallest absolute Gasteiger partial charge is 0.180 e. The van der Waals surface area contributed by atoms with Crippen molar-refractivity contribution in [2.75, 3.05) is 30.4 Å². The molecule has 0 saturated heterocycles. The van der Waals surface area contributed by atoms with Crippen LogP contribution in [-0.4, -0.2) is 39.7 Å². The molecular formula is C24H25N5O2. The molecule has 2 aromatic heterocycles. The van der Waals surface area contributed by atoms with Crippen LogP contribution >= 0.6 is 0 Å². The van der Waals surface area contributed by atoms with Crippen molar-refractivity contribution in [1.29, 1.82) is 0 Å². The lowest BCUT2D eigenvalue weighted by molar-refractivity contribution is 0.0786. The predicted molar refractivity (Wildman–Crippen MR) is 122 cm³/mol. The molecule has 0 amide bonds. The minimum Gasteiger partial charge on any atom is -0.490 e. The number of hydrogen-bond acceptors (Lipinski definition) is 6. The van der Waals surface area contributed by atoms with E-state index in [1.807, 2.05) is 47.1 Å². The van der Waals surface area contributed by atoms with E-state index in [4.69, 9.17) is 9.72 Å². The van der Waals surface area contributed by atoms with E-state index in [0.29, 0.717) is 12.4 Å². The van der Waals surface area contributed by atoms with E-state index in [0.717, 1.165) is 46.1 Å². The molecule has 1 aliphatic heterocycles. The number of aliphatic hydroxyl groups is 1. The Balaban J connectivity index is 1.52. The molecular weight excluding hydrogens is 390 g/mol. The van der Waals surface area contributed by atoms with Crippen LogP contribution in [0.3, 0.4) is 0 Å². The maximum atomic E-state index is 10.2. The molecule has 0 saturated carbocycles. The number of ether oxygens (including phenoxy) is 1. The van der Waals surface area contributed by atoms with E-state index in [9.17, 15) is 5.11 Å². The molecule has 0 spiro atoms. The minimum absolute atomic E-state index is 0.661. The number of nitrogens with one attached hydrogen (secondary N) is 1. The molecule has 0 atom stereocenters. The predicted octanol–water partition coefficient (Wildman–Crippen LogP) is 4.20. The minimum atomic E-state index is -0.879. The Kier molecular flexibility index (Phi) is 4.55. The van der Waals surface area contributed by atoms with Crippen molar-refractivity contribution < 1.29 is 9.84 Å². The molecule has 4 aromatic rings. The summed E-state index contributed by atoms with van der Waals surface area (Å²) in [5.41, 5.74) is 4.47. The lowest BCUT2D eigenvalue weighted by Crippen LogP contribution is -2.28. The molecule has 158 valence electrons. The first-order valence-electron chi connectivity index (χ1n) is 10.3. The summed E-state index contributed by atoms with van der Waals surface area (Å²) in [5.74, 6) is 1.53. The zero-order valence-corrected chi connectivity index (χ0v) is 17.8. The van der Waals surface area contributed by atoms with Gasteiger partial charge in [0.15, 0.2) is 11.5 Å². The lowest BCUT2D eigenvalue weighted by atomic mass is 9.98. The Morgan fingerprint density at radius 3 is 2.71 bits per heavy atom. The SMILES string of the molecule is CN1CCOc2cc(-c3cn4ccnc4c(Nc4ccc(C(C)(C)O)cc4)n3)ccc21. The number of aromatic nitrogens is 3. The van der Waals surface area contributed by atoms with Gasteiger partial charge in [-0.05, 0) is 43.7 Å². The molecule has 3 heterocycles. The number of anilines is 3. The first kappa shape index (κ1) is 19.4. The summed E-state index contributed by atoms with van der Waals surface area (Å²) in [7, 11) is 2.07. The highest BCUT2D eigenvalue weighted by Gasteiger charge is 2.18. The van der Waals surface area contributed by atoms with Gasteiger partial charge in [-0.1, -0.05) is 18.2 Å². The largest absolute Gasteiger partial charge is 0.490 e. The zero-order chi connectivity index (χ0) is 21.6. The molecule has 5 rings (SSSR count). The van der Waals surface area contributed by atoms with E-state index in [2.05, 4.69) is 34.4 Å². The lowest BCUT2D eigenvalue weighted by Gasteiger charge is -2.27. The van der Waals surface area contributed by atoms with E-state index < -0.39 is 5.60 Å². The van der Waals surface area contributed by atoms with E-state index in [1.54, 1.807) is 20.0 Å². The van der Waals surface area contributed by atoms with E-state index in [1.165, 1.54) is 0 Å². The molecule has 0 bridgehead atoms. The Labute approximate surface area is 181 Å². The van der Waals surface area contributed by atoms with Crippen LogP contribution in [0, 0.1) is 0 Å². The fourth-order valence-electron chi connectivity index (χ4n) is 3.77. The molecule has 7 heteroatoms. The van der Waals surface area contributed by atoms with Crippen molar-refractivity contribution in [2.45, 2.75) is 19.4 Å². The summed E-state index contributed by atoms with van der Waals surface area (Å²) < 4.78 is 7.83. The molecule has 7 nitrogen and oxygen atoms in total. The molecule has 2 aromatic carbocycles. The molecule has 0 aliphatic carbocycles. The van der Waals surface area contributed by atoms with E-state index >= 15 is 0 Å². The van der Waals surface area contributed by atoms with Crippen LogP contribution in [0.25, 0.3) is 16.9 Å². The average Bonchev–Trinajstić information content (AvgIpc) is 3.22. The normalized spacial score (nSPS) is 13.7. The van der Waals surface area contributed by atoms with Gasteiger partial charge in [-0.15, -0.1) is 0 Å². The monoisotopic (exact) mass is 415 g/mol. The van der Waals surface area contributed by atoms with Crippen molar-refractivity contribution in [3.63, 3.8) is 0 Å². The van der Waals surface area contributed by atoms with Gasteiger partial charge in [0.25, 0.3) is 0 Å². The van der Waals surface area contributed by atoms with Gasteiger partial charge >= 0.3 is 0 Å². The van der Waals surface area contributed by atoms with Crippen LogP contribution in [0.15, 0.2) is 61.1 Å².